The van der Waals surface area contributed by atoms with Gasteiger partial charge in [-0.2, -0.15) is 5.26 Å². The zero-order valence-corrected chi connectivity index (χ0v) is 13.4. The van der Waals surface area contributed by atoms with E-state index in [4.69, 9.17) is 10.1 Å². The molecule has 6 nitrogen and oxygen atoms in total. The third-order valence-corrected chi connectivity index (χ3v) is 4.50. The third-order valence-electron chi connectivity index (χ3n) is 4.50. The van der Waals surface area contributed by atoms with Gasteiger partial charge in [-0.1, -0.05) is 12.1 Å². The van der Waals surface area contributed by atoms with Crippen LogP contribution in [0.15, 0.2) is 48.8 Å². The second kappa shape index (κ2) is 5.56. The second-order valence-electron chi connectivity index (χ2n) is 5.92. The number of carbonyl (C=O) groups excluding carboxylic acids is 1. The van der Waals surface area contributed by atoms with E-state index in [1.807, 2.05) is 24.3 Å². The summed E-state index contributed by atoms with van der Waals surface area (Å²) in [6.07, 6.45) is 3.28. The first-order valence-electron chi connectivity index (χ1n) is 7.83. The van der Waals surface area contributed by atoms with Crippen molar-refractivity contribution in [3.05, 3.63) is 60.0 Å². The van der Waals surface area contributed by atoms with E-state index in [1.54, 1.807) is 29.1 Å². The van der Waals surface area contributed by atoms with Gasteiger partial charge in [0.1, 0.15) is 5.92 Å². The van der Waals surface area contributed by atoms with Gasteiger partial charge in [-0.15, -0.1) is 0 Å². The number of carbonyl (C=O) groups is 1. The molecule has 0 amide bonds. The van der Waals surface area contributed by atoms with Gasteiger partial charge in [0.25, 0.3) is 0 Å². The highest BCUT2D eigenvalue weighted by molar-refractivity contribution is 6.01. The minimum atomic E-state index is -0.808. The van der Waals surface area contributed by atoms with Gasteiger partial charge in [0, 0.05) is 24.7 Å². The van der Waals surface area contributed by atoms with Gasteiger partial charge in [-0.3, -0.25) is 19.8 Å². The van der Waals surface area contributed by atoms with Crippen molar-refractivity contribution in [3.8, 4) is 11.8 Å². The van der Waals surface area contributed by atoms with Gasteiger partial charge in [0.15, 0.2) is 5.75 Å². The Labute approximate surface area is 143 Å². The van der Waals surface area contributed by atoms with Gasteiger partial charge in [-0.05, 0) is 29.8 Å². The Morgan fingerprint density at radius 1 is 1.28 bits per heavy atom. The van der Waals surface area contributed by atoms with Crippen molar-refractivity contribution in [2.75, 3.05) is 0 Å². The van der Waals surface area contributed by atoms with Crippen LogP contribution in [0.5, 0.6) is 5.75 Å². The molecule has 2 unspecified atom stereocenters. The highest BCUT2D eigenvalue weighted by atomic mass is 16.5. The van der Waals surface area contributed by atoms with Gasteiger partial charge >= 0.3 is 0 Å². The summed E-state index contributed by atoms with van der Waals surface area (Å²) >= 11 is 0. The van der Waals surface area contributed by atoms with Crippen LogP contribution in [-0.4, -0.2) is 21.4 Å². The van der Waals surface area contributed by atoms with Crippen molar-refractivity contribution in [2.24, 2.45) is 5.92 Å². The summed E-state index contributed by atoms with van der Waals surface area (Å²) in [5, 5.41) is 18.6. The van der Waals surface area contributed by atoms with Crippen LogP contribution in [0.3, 0.4) is 0 Å². The highest BCUT2D eigenvalue weighted by Gasteiger charge is 2.41. The van der Waals surface area contributed by atoms with E-state index in [9.17, 15) is 10.1 Å². The van der Waals surface area contributed by atoms with Crippen LogP contribution in [0, 0.1) is 22.7 Å². The molecule has 0 fully saturated rings. The Bertz CT molecular complexity index is 1050. The summed E-state index contributed by atoms with van der Waals surface area (Å²) in [6.45, 7) is 1.48. The number of benzene rings is 1. The van der Waals surface area contributed by atoms with Crippen LogP contribution in [-0.2, 0) is 0 Å². The summed E-state index contributed by atoms with van der Waals surface area (Å²) in [5.74, 6) is -1.07. The molecule has 0 bridgehead atoms. The number of hydrogen-bond acceptors (Lipinski definition) is 5. The van der Waals surface area contributed by atoms with Crippen molar-refractivity contribution in [3.63, 3.8) is 0 Å². The van der Waals surface area contributed by atoms with Gasteiger partial charge in [-0.25, -0.2) is 0 Å². The molecule has 0 spiro atoms. The summed E-state index contributed by atoms with van der Waals surface area (Å²) in [5.41, 5.74) is 2.15. The first kappa shape index (κ1) is 15.1. The molecule has 4 rings (SSSR count). The predicted octanol–water partition coefficient (Wildman–Crippen LogP) is 3.34. The molecule has 3 aromatic rings. The monoisotopic (exact) mass is 330 g/mol. The lowest BCUT2D eigenvalue weighted by Gasteiger charge is -2.29. The molecule has 1 aromatic carbocycles. The summed E-state index contributed by atoms with van der Waals surface area (Å²) < 4.78 is 7.29. The van der Waals surface area contributed by atoms with Crippen molar-refractivity contribution in [2.45, 2.75) is 12.8 Å². The standard InChI is InChI=1S/C19H14N4O2/c1-11(24)23-15-5-3-2-4-13(15)18-17(23)16(12-6-8-22-9-7-12)14(10-20)19(21)25-18/h2-9,14,16,21H,1H3. The van der Waals surface area contributed by atoms with Crippen LogP contribution in [0.25, 0.3) is 10.9 Å². The number of fused-ring (bicyclic) bond motifs is 3. The average Bonchev–Trinajstić information content (AvgIpc) is 2.95. The maximum atomic E-state index is 12.4. The first-order valence-corrected chi connectivity index (χ1v) is 7.83. The molecule has 1 N–H and O–H groups in total. The van der Waals surface area contributed by atoms with Gasteiger partial charge in [0.05, 0.1) is 23.2 Å². The lowest BCUT2D eigenvalue weighted by atomic mass is 9.82. The average molecular weight is 330 g/mol. The molecule has 2 atom stereocenters. The lowest BCUT2D eigenvalue weighted by molar-refractivity contribution is 0.0936. The SMILES string of the molecule is CC(=O)n1c2c(c3ccccc31)OC(=N)C(C#N)C2c1ccncc1. The van der Waals surface area contributed by atoms with Gasteiger partial charge < -0.3 is 4.74 Å². The third kappa shape index (κ3) is 2.13. The molecule has 0 radical (unpaired) electrons. The quantitative estimate of drug-likeness (QED) is 0.740. The zero-order valence-electron chi connectivity index (χ0n) is 13.4. The number of rotatable bonds is 1. The highest BCUT2D eigenvalue weighted by Crippen LogP contribution is 2.47. The van der Waals surface area contributed by atoms with Crippen molar-refractivity contribution < 1.29 is 9.53 Å². The molecule has 0 saturated carbocycles. The van der Waals surface area contributed by atoms with Gasteiger partial charge in [0.2, 0.25) is 11.8 Å². The fraction of sp³-hybridized carbons (Fsp3) is 0.158. The number of nitrogens with zero attached hydrogens (tertiary/aromatic N) is 3. The van der Waals surface area contributed by atoms with E-state index < -0.39 is 11.8 Å². The number of aromatic nitrogens is 2. The van der Waals surface area contributed by atoms with Crippen molar-refractivity contribution in [1.29, 1.82) is 10.7 Å². The predicted molar refractivity (Wildman–Crippen MR) is 91.8 cm³/mol. The molecule has 2 aromatic heterocycles. The minimum absolute atomic E-state index is 0.108. The van der Waals surface area contributed by atoms with Crippen LogP contribution in [0.1, 0.15) is 28.9 Å². The zero-order chi connectivity index (χ0) is 17.6. The lowest BCUT2D eigenvalue weighted by Crippen LogP contribution is -2.32. The van der Waals surface area contributed by atoms with E-state index in [-0.39, 0.29) is 11.8 Å². The maximum Gasteiger partial charge on any atom is 0.228 e. The van der Waals surface area contributed by atoms with E-state index in [2.05, 4.69) is 11.1 Å². The molecular formula is C19H14N4O2. The van der Waals surface area contributed by atoms with Crippen LogP contribution in [0.4, 0.5) is 0 Å². The molecule has 25 heavy (non-hydrogen) atoms. The largest absolute Gasteiger partial charge is 0.440 e. The maximum absolute atomic E-state index is 12.4. The number of para-hydroxylation sites is 1. The second-order valence-corrected chi connectivity index (χ2v) is 5.92. The van der Waals surface area contributed by atoms with Crippen molar-refractivity contribution >= 4 is 22.7 Å². The molecule has 122 valence electrons. The Kier molecular flexibility index (Phi) is 3.36. The molecular weight excluding hydrogens is 316 g/mol. The molecule has 6 heteroatoms. The number of ether oxygens (including phenoxy) is 1. The number of nitrogens with one attached hydrogen (secondary N) is 1. The Morgan fingerprint density at radius 2 is 2.00 bits per heavy atom. The summed E-state index contributed by atoms with van der Waals surface area (Å²) in [4.78, 5) is 16.4. The molecule has 1 aliphatic rings. The Morgan fingerprint density at radius 3 is 2.68 bits per heavy atom. The fourth-order valence-electron chi connectivity index (χ4n) is 3.49. The van der Waals surface area contributed by atoms with E-state index in [0.29, 0.717) is 17.0 Å². The van der Waals surface area contributed by atoms with E-state index in [0.717, 1.165) is 10.9 Å². The minimum Gasteiger partial charge on any atom is -0.440 e. The first-order chi connectivity index (χ1) is 12.1. The fourth-order valence-corrected chi connectivity index (χ4v) is 3.49. The summed E-state index contributed by atoms with van der Waals surface area (Å²) in [6, 6.07) is 13.2. The van der Waals surface area contributed by atoms with Crippen LogP contribution in [0.2, 0.25) is 0 Å². The molecule has 0 saturated heterocycles. The Hall–Kier alpha value is -3.46. The number of nitriles is 1. The van der Waals surface area contributed by atoms with Crippen LogP contribution >= 0.6 is 0 Å². The summed E-state index contributed by atoms with van der Waals surface area (Å²) in [7, 11) is 0. The molecule has 1 aliphatic heterocycles. The van der Waals surface area contributed by atoms with Crippen LogP contribution < -0.4 is 4.74 Å². The van der Waals surface area contributed by atoms with E-state index >= 15 is 0 Å². The molecule has 3 heterocycles. The normalized spacial score (nSPS) is 19.1. The molecule has 0 aliphatic carbocycles. The Balaban J connectivity index is 2.12. The number of pyridine rings is 1. The van der Waals surface area contributed by atoms with E-state index in [1.165, 1.54) is 6.92 Å². The number of hydrogen-bond donors (Lipinski definition) is 1. The smallest absolute Gasteiger partial charge is 0.228 e. The van der Waals surface area contributed by atoms with Crippen molar-refractivity contribution in [1.82, 2.24) is 9.55 Å². The topological polar surface area (TPSA) is 91.8 Å².